The summed E-state index contributed by atoms with van der Waals surface area (Å²) >= 11 is 5.08. The van der Waals surface area contributed by atoms with Crippen LogP contribution in [0.15, 0.2) is 44.6 Å². The molecule has 1 aliphatic rings. The summed E-state index contributed by atoms with van der Waals surface area (Å²) in [5.41, 5.74) is 0. The first-order chi connectivity index (χ1) is 7.27. The van der Waals surface area contributed by atoms with Crippen LogP contribution in [-0.4, -0.2) is 5.78 Å². The Labute approximate surface area is 102 Å². The summed E-state index contributed by atoms with van der Waals surface area (Å²) < 4.78 is 0.780. The fourth-order valence-corrected chi connectivity index (χ4v) is 3.18. The molecule has 1 aromatic rings. The molecule has 1 nitrogen and oxygen atoms in total. The van der Waals surface area contributed by atoms with Crippen molar-refractivity contribution in [1.82, 2.24) is 0 Å². The van der Waals surface area contributed by atoms with E-state index in [-0.39, 0.29) is 5.78 Å². The molecule has 1 aliphatic carbocycles. The highest BCUT2D eigenvalue weighted by Crippen LogP contribution is 2.37. The average molecular weight is 283 g/mol. The topological polar surface area (TPSA) is 17.1 Å². The minimum atomic E-state index is 0.236. The largest absolute Gasteiger partial charge is 0.294 e. The van der Waals surface area contributed by atoms with Crippen LogP contribution >= 0.6 is 27.7 Å². The van der Waals surface area contributed by atoms with Crippen LogP contribution in [0.5, 0.6) is 0 Å². The molecule has 0 saturated heterocycles. The molecular formula is C12H11BrOS. The Morgan fingerprint density at radius 1 is 1.13 bits per heavy atom. The first-order valence-corrected chi connectivity index (χ1v) is 6.53. The maximum absolute atomic E-state index is 11.5. The summed E-state index contributed by atoms with van der Waals surface area (Å²) in [6.07, 6.45) is 2.66. The highest BCUT2D eigenvalue weighted by atomic mass is 79.9. The van der Waals surface area contributed by atoms with Crippen LogP contribution in [0.1, 0.15) is 19.3 Å². The van der Waals surface area contributed by atoms with Crippen LogP contribution in [-0.2, 0) is 4.79 Å². The second-order valence-electron chi connectivity index (χ2n) is 3.43. The van der Waals surface area contributed by atoms with E-state index in [0.29, 0.717) is 6.42 Å². The number of ketones is 1. The summed E-state index contributed by atoms with van der Waals surface area (Å²) in [6, 6.07) is 10.2. The van der Waals surface area contributed by atoms with Gasteiger partial charge in [0.05, 0.1) is 4.48 Å². The lowest BCUT2D eigenvalue weighted by Crippen LogP contribution is -2.05. The van der Waals surface area contributed by atoms with Gasteiger partial charge in [0.15, 0.2) is 5.78 Å². The summed E-state index contributed by atoms with van der Waals surface area (Å²) in [7, 11) is 0. The van der Waals surface area contributed by atoms with Gasteiger partial charge in [-0.3, -0.25) is 4.79 Å². The van der Waals surface area contributed by atoms with Crippen molar-refractivity contribution in [2.24, 2.45) is 0 Å². The number of hydrogen-bond acceptors (Lipinski definition) is 2. The van der Waals surface area contributed by atoms with Gasteiger partial charge in [-0.05, 0) is 40.9 Å². The molecule has 0 unspecified atom stereocenters. The second kappa shape index (κ2) is 4.99. The third-order valence-electron chi connectivity index (χ3n) is 2.28. The number of allylic oxidation sites excluding steroid dienone is 2. The predicted molar refractivity (Wildman–Crippen MR) is 67.1 cm³/mol. The Morgan fingerprint density at radius 3 is 2.60 bits per heavy atom. The number of rotatable bonds is 2. The van der Waals surface area contributed by atoms with Gasteiger partial charge in [0.1, 0.15) is 0 Å². The third-order valence-corrected chi connectivity index (χ3v) is 4.63. The third kappa shape index (κ3) is 2.73. The standard InChI is InChI=1S/C12H11BrOS/c13-12-10(14)7-4-8-11(12)15-9-5-2-1-3-6-9/h1-3,5-6H,4,7-8H2. The Hall–Kier alpha value is -0.540. The Balaban J connectivity index is 2.18. The van der Waals surface area contributed by atoms with Crippen molar-refractivity contribution in [1.29, 1.82) is 0 Å². The number of thioether (sulfide) groups is 1. The lowest BCUT2D eigenvalue weighted by atomic mass is 10.1. The summed E-state index contributed by atoms with van der Waals surface area (Å²) in [5, 5.41) is 0. The van der Waals surface area contributed by atoms with E-state index in [4.69, 9.17) is 0 Å². The number of Topliss-reactive ketones (excluding diaryl/α,β-unsaturated/α-hetero) is 1. The van der Waals surface area contributed by atoms with Gasteiger partial charge in [-0.2, -0.15) is 0 Å². The fraction of sp³-hybridized carbons (Fsp3) is 0.250. The van der Waals surface area contributed by atoms with E-state index in [1.807, 2.05) is 18.2 Å². The molecule has 0 atom stereocenters. The molecule has 0 aromatic heterocycles. The molecular weight excluding hydrogens is 272 g/mol. The van der Waals surface area contributed by atoms with Gasteiger partial charge in [-0.1, -0.05) is 30.0 Å². The molecule has 3 heteroatoms. The number of hydrogen-bond donors (Lipinski definition) is 0. The molecule has 0 heterocycles. The lowest BCUT2D eigenvalue weighted by molar-refractivity contribution is -0.115. The molecule has 0 radical (unpaired) electrons. The van der Waals surface area contributed by atoms with E-state index in [9.17, 15) is 4.79 Å². The van der Waals surface area contributed by atoms with Gasteiger partial charge in [0, 0.05) is 16.2 Å². The summed E-state index contributed by atoms with van der Waals surface area (Å²) in [5.74, 6) is 0.236. The lowest BCUT2D eigenvalue weighted by Gasteiger charge is -2.14. The molecule has 0 amide bonds. The maximum Gasteiger partial charge on any atom is 0.170 e. The molecule has 0 fully saturated rings. The Kier molecular flexibility index (Phi) is 3.65. The van der Waals surface area contributed by atoms with Crippen LogP contribution < -0.4 is 0 Å². The molecule has 1 aromatic carbocycles. The Bertz CT molecular complexity index is 397. The van der Waals surface area contributed by atoms with Crippen molar-refractivity contribution in [3.63, 3.8) is 0 Å². The van der Waals surface area contributed by atoms with Crippen LogP contribution in [0.25, 0.3) is 0 Å². The van der Waals surface area contributed by atoms with Crippen molar-refractivity contribution in [3.05, 3.63) is 39.7 Å². The highest BCUT2D eigenvalue weighted by molar-refractivity contribution is 9.12. The van der Waals surface area contributed by atoms with E-state index in [1.54, 1.807) is 11.8 Å². The molecule has 78 valence electrons. The number of halogens is 1. The second-order valence-corrected chi connectivity index (χ2v) is 5.39. The molecule has 0 N–H and O–H groups in total. The van der Waals surface area contributed by atoms with Crippen molar-refractivity contribution in [2.45, 2.75) is 24.2 Å². The summed E-state index contributed by atoms with van der Waals surface area (Å²) in [6.45, 7) is 0. The van der Waals surface area contributed by atoms with E-state index in [0.717, 1.165) is 22.2 Å². The van der Waals surface area contributed by atoms with Gasteiger partial charge in [0.2, 0.25) is 0 Å². The van der Waals surface area contributed by atoms with E-state index < -0.39 is 0 Å². The van der Waals surface area contributed by atoms with Crippen molar-refractivity contribution >= 4 is 33.5 Å². The molecule has 15 heavy (non-hydrogen) atoms. The van der Waals surface area contributed by atoms with Gasteiger partial charge in [-0.25, -0.2) is 0 Å². The zero-order valence-corrected chi connectivity index (χ0v) is 10.6. The van der Waals surface area contributed by atoms with Crippen molar-refractivity contribution in [2.75, 3.05) is 0 Å². The average Bonchev–Trinajstić information content (AvgIpc) is 2.26. The quantitative estimate of drug-likeness (QED) is 0.811. The van der Waals surface area contributed by atoms with Crippen molar-refractivity contribution < 1.29 is 4.79 Å². The van der Waals surface area contributed by atoms with Crippen LogP contribution in [0, 0.1) is 0 Å². The first kappa shape index (κ1) is 11.0. The molecule has 0 aliphatic heterocycles. The monoisotopic (exact) mass is 282 g/mol. The van der Waals surface area contributed by atoms with Gasteiger partial charge >= 0.3 is 0 Å². The van der Waals surface area contributed by atoms with Gasteiger partial charge in [-0.15, -0.1) is 0 Å². The highest BCUT2D eigenvalue weighted by Gasteiger charge is 2.18. The molecule has 2 rings (SSSR count). The SMILES string of the molecule is O=C1CCCC(Sc2ccccc2)=C1Br. The zero-order valence-electron chi connectivity index (χ0n) is 8.20. The normalized spacial score (nSPS) is 17.0. The van der Waals surface area contributed by atoms with Crippen LogP contribution in [0.3, 0.4) is 0 Å². The number of carbonyl (C=O) groups excluding carboxylic acids is 1. The van der Waals surface area contributed by atoms with Crippen LogP contribution in [0.2, 0.25) is 0 Å². The smallest absolute Gasteiger partial charge is 0.170 e. The van der Waals surface area contributed by atoms with Gasteiger partial charge in [0.25, 0.3) is 0 Å². The van der Waals surface area contributed by atoms with E-state index in [2.05, 4.69) is 28.1 Å². The van der Waals surface area contributed by atoms with Gasteiger partial charge < -0.3 is 0 Å². The minimum Gasteiger partial charge on any atom is -0.294 e. The summed E-state index contributed by atoms with van der Waals surface area (Å²) in [4.78, 5) is 13.8. The number of benzene rings is 1. The molecule has 0 bridgehead atoms. The maximum atomic E-state index is 11.5. The zero-order chi connectivity index (χ0) is 10.7. The fourth-order valence-electron chi connectivity index (χ4n) is 1.51. The van der Waals surface area contributed by atoms with Crippen LogP contribution in [0.4, 0.5) is 0 Å². The Morgan fingerprint density at radius 2 is 1.87 bits per heavy atom. The predicted octanol–water partition coefficient (Wildman–Crippen LogP) is 4.14. The first-order valence-electron chi connectivity index (χ1n) is 4.92. The molecule has 0 spiro atoms. The van der Waals surface area contributed by atoms with Crippen molar-refractivity contribution in [3.8, 4) is 0 Å². The number of carbonyl (C=O) groups is 1. The molecule has 0 saturated carbocycles. The van der Waals surface area contributed by atoms with E-state index >= 15 is 0 Å². The van der Waals surface area contributed by atoms with E-state index in [1.165, 1.54) is 4.90 Å². The minimum absolute atomic E-state index is 0.236.